The zero-order chi connectivity index (χ0) is 20.6. The summed E-state index contributed by atoms with van der Waals surface area (Å²) in [6.45, 7) is 10.4. The number of likely N-dealkylation sites (N-methyl/N-ethyl adjacent to an activating group) is 1. The molecule has 6 nitrogen and oxygen atoms in total. The molecule has 0 aromatic heterocycles. The molecule has 2 aromatic carbocycles. The number of aliphatic hydroxyl groups excluding tert-OH is 1. The molecule has 0 spiro atoms. The van der Waals surface area contributed by atoms with Gasteiger partial charge in [-0.2, -0.15) is 0 Å². The van der Waals surface area contributed by atoms with Crippen molar-refractivity contribution in [1.29, 1.82) is 0 Å². The monoisotopic (exact) mass is 399 g/mol. The van der Waals surface area contributed by atoms with E-state index in [4.69, 9.17) is 4.74 Å². The molecular weight excluding hydrogens is 366 g/mol. The second-order valence-corrected chi connectivity index (χ2v) is 7.31. The quantitative estimate of drug-likeness (QED) is 0.632. The summed E-state index contributed by atoms with van der Waals surface area (Å²) in [7, 11) is 0. The Morgan fingerprint density at radius 3 is 2.34 bits per heavy atom. The van der Waals surface area contributed by atoms with E-state index in [1.165, 1.54) is 5.06 Å². The number of hydrogen-bond donors (Lipinski definition) is 2. The molecule has 1 fully saturated rings. The summed E-state index contributed by atoms with van der Waals surface area (Å²) in [4.78, 5) is 4.51. The number of rotatable bonds is 9. The Morgan fingerprint density at radius 1 is 1.00 bits per heavy atom. The van der Waals surface area contributed by atoms with Crippen LogP contribution in [-0.4, -0.2) is 67.7 Å². The van der Waals surface area contributed by atoms with Gasteiger partial charge in [0.25, 0.3) is 0 Å². The Labute approximate surface area is 173 Å². The molecule has 1 aliphatic rings. The third-order valence-corrected chi connectivity index (χ3v) is 5.59. The summed E-state index contributed by atoms with van der Waals surface area (Å²) in [5.74, 6) is 0. The van der Waals surface area contributed by atoms with E-state index in [-0.39, 0.29) is 0 Å². The highest BCUT2D eigenvalue weighted by atomic mass is 16.5. The smallest absolute Gasteiger partial charge is 0.106 e. The molecule has 1 atom stereocenters. The van der Waals surface area contributed by atoms with Crippen molar-refractivity contribution in [1.82, 2.24) is 4.90 Å². The van der Waals surface area contributed by atoms with Gasteiger partial charge in [0.05, 0.1) is 25.4 Å². The molecule has 3 rings (SSSR count). The number of ether oxygens (including phenoxy) is 1. The number of hydroxylamine groups is 1. The molecule has 158 valence electrons. The Kier molecular flexibility index (Phi) is 7.89. The molecule has 0 aliphatic carbocycles. The van der Waals surface area contributed by atoms with Crippen molar-refractivity contribution < 1.29 is 15.1 Å². The first-order valence-electron chi connectivity index (χ1n) is 10.5. The molecule has 0 amide bonds. The van der Waals surface area contributed by atoms with Crippen LogP contribution in [0.25, 0.3) is 0 Å². The maximum absolute atomic E-state index is 11.1. The van der Waals surface area contributed by atoms with E-state index >= 15 is 0 Å². The summed E-state index contributed by atoms with van der Waals surface area (Å²) >= 11 is 0. The minimum atomic E-state index is -0.759. The van der Waals surface area contributed by atoms with Crippen molar-refractivity contribution in [3.05, 3.63) is 59.7 Å². The topological polar surface area (TPSA) is 59.4 Å². The zero-order valence-corrected chi connectivity index (χ0v) is 17.5. The lowest BCUT2D eigenvalue weighted by Gasteiger charge is -2.32. The average molecular weight is 400 g/mol. The first-order valence-corrected chi connectivity index (χ1v) is 10.5. The zero-order valence-electron chi connectivity index (χ0n) is 17.5. The third-order valence-electron chi connectivity index (χ3n) is 5.59. The minimum absolute atomic E-state index is 0.513. The summed E-state index contributed by atoms with van der Waals surface area (Å²) in [6.07, 6.45) is -0.759. The van der Waals surface area contributed by atoms with Crippen LogP contribution in [-0.2, 0) is 4.74 Å². The Balaban J connectivity index is 1.88. The van der Waals surface area contributed by atoms with Gasteiger partial charge in [0.2, 0.25) is 0 Å². The molecule has 1 saturated heterocycles. The van der Waals surface area contributed by atoms with Crippen LogP contribution < -0.4 is 9.96 Å². The minimum Gasteiger partial charge on any atom is -0.384 e. The Morgan fingerprint density at radius 2 is 1.69 bits per heavy atom. The fourth-order valence-electron chi connectivity index (χ4n) is 3.73. The molecular formula is C23H33N3O3. The lowest BCUT2D eigenvalue weighted by Crippen LogP contribution is -2.37. The Bertz CT molecular complexity index is 746. The number of aliphatic hydroxyl groups is 1. The maximum Gasteiger partial charge on any atom is 0.106 e. The van der Waals surface area contributed by atoms with E-state index in [0.29, 0.717) is 25.4 Å². The third kappa shape index (κ3) is 5.48. The van der Waals surface area contributed by atoms with E-state index in [0.717, 1.165) is 49.5 Å². The Hall–Kier alpha value is -2.12. The van der Waals surface area contributed by atoms with Crippen LogP contribution in [0.15, 0.2) is 48.5 Å². The molecule has 2 aromatic rings. The predicted molar refractivity (Wildman–Crippen MR) is 117 cm³/mol. The van der Waals surface area contributed by atoms with Crippen molar-refractivity contribution in [2.75, 3.05) is 62.4 Å². The highest BCUT2D eigenvalue weighted by molar-refractivity contribution is 5.63. The first kappa shape index (κ1) is 21.6. The van der Waals surface area contributed by atoms with Crippen LogP contribution in [0.2, 0.25) is 0 Å². The molecule has 0 radical (unpaired) electrons. The first-order chi connectivity index (χ1) is 14.1. The van der Waals surface area contributed by atoms with Crippen molar-refractivity contribution in [3.8, 4) is 0 Å². The lowest BCUT2D eigenvalue weighted by molar-refractivity contribution is 0.122. The highest BCUT2D eigenvalue weighted by Crippen LogP contribution is 2.34. The lowest BCUT2D eigenvalue weighted by atomic mass is 9.98. The van der Waals surface area contributed by atoms with Crippen LogP contribution >= 0.6 is 0 Å². The standard InChI is InChI=1S/C23H33N3O3/c1-3-24(4-2)12-13-26(28)20-10-11-22(25-14-16-29-17-15-25)21(18-20)23(27)19-8-6-5-7-9-19/h5-11,18,23,27-28H,3-4,12-17H2,1-2H3. The van der Waals surface area contributed by atoms with E-state index in [1.807, 2.05) is 48.5 Å². The largest absolute Gasteiger partial charge is 0.384 e. The maximum atomic E-state index is 11.1. The van der Waals surface area contributed by atoms with Crippen LogP contribution in [0.1, 0.15) is 31.1 Å². The molecule has 0 saturated carbocycles. The van der Waals surface area contributed by atoms with E-state index < -0.39 is 6.10 Å². The predicted octanol–water partition coefficient (Wildman–Crippen LogP) is 3.14. The van der Waals surface area contributed by atoms with Crippen LogP contribution in [0.3, 0.4) is 0 Å². The fraction of sp³-hybridized carbons (Fsp3) is 0.478. The molecule has 0 bridgehead atoms. The van der Waals surface area contributed by atoms with Gasteiger partial charge in [0, 0.05) is 30.9 Å². The van der Waals surface area contributed by atoms with Gasteiger partial charge in [-0.3, -0.25) is 10.3 Å². The summed E-state index contributed by atoms with van der Waals surface area (Å²) < 4.78 is 5.49. The number of benzene rings is 2. The van der Waals surface area contributed by atoms with Gasteiger partial charge in [-0.25, -0.2) is 0 Å². The summed E-state index contributed by atoms with van der Waals surface area (Å²) in [6, 6.07) is 15.5. The summed E-state index contributed by atoms with van der Waals surface area (Å²) in [5.41, 5.74) is 3.33. The van der Waals surface area contributed by atoms with Gasteiger partial charge in [-0.15, -0.1) is 0 Å². The van der Waals surface area contributed by atoms with Gasteiger partial charge >= 0.3 is 0 Å². The second-order valence-electron chi connectivity index (χ2n) is 7.31. The highest BCUT2D eigenvalue weighted by Gasteiger charge is 2.22. The van der Waals surface area contributed by atoms with Crippen LogP contribution in [0.4, 0.5) is 11.4 Å². The summed E-state index contributed by atoms with van der Waals surface area (Å²) in [5, 5.41) is 23.0. The number of morpholine rings is 1. The number of nitrogens with zero attached hydrogens (tertiary/aromatic N) is 3. The number of anilines is 2. The van der Waals surface area contributed by atoms with Crippen molar-refractivity contribution in [2.45, 2.75) is 20.0 Å². The average Bonchev–Trinajstić information content (AvgIpc) is 2.80. The molecule has 2 N–H and O–H groups in total. The van der Waals surface area contributed by atoms with Gasteiger partial charge in [-0.05, 0) is 36.9 Å². The van der Waals surface area contributed by atoms with Crippen LogP contribution in [0, 0.1) is 0 Å². The van der Waals surface area contributed by atoms with Gasteiger partial charge in [0.15, 0.2) is 0 Å². The van der Waals surface area contributed by atoms with Crippen LogP contribution in [0.5, 0.6) is 0 Å². The van der Waals surface area contributed by atoms with Crippen molar-refractivity contribution in [3.63, 3.8) is 0 Å². The molecule has 1 aliphatic heterocycles. The SMILES string of the molecule is CCN(CC)CCN(O)c1ccc(N2CCOCC2)c(C(O)c2ccccc2)c1. The van der Waals surface area contributed by atoms with E-state index in [1.54, 1.807) is 0 Å². The molecule has 1 heterocycles. The molecule has 6 heteroatoms. The van der Waals surface area contributed by atoms with Gasteiger partial charge < -0.3 is 19.6 Å². The normalized spacial score (nSPS) is 15.6. The van der Waals surface area contributed by atoms with E-state index in [2.05, 4.69) is 23.6 Å². The van der Waals surface area contributed by atoms with Gasteiger partial charge in [0.1, 0.15) is 6.10 Å². The number of hydrogen-bond acceptors (Lipinski definition) is 6. The second kappa shape index (κ2) is 10.6. The fourth-order valence-corrected chi connectivity index (χ4v) is 3.73. The molecule has 1 unspecified atom stereocenters. The van der Waals surface area contributed by atoms with Crippen molar-refractivity contribution >= 4 is 11.4 Å². The van der Waals surface area contributed by atoms with Crippen molar-refractivity contribution in [2.24, 2.45) is 0 Å². The van der Waals surface area contributed by atoms with E-state index in [9.17, 15) is 10.3 Å². The van der Waals surface area contributed by atoms with Gasteiger partial charge in [-0.1, -0.05) is 44.2 Å². The molecule has 29 heavy (non-hydrogen) atoms.